The second-order valence-electron chi connectivity index (χ2n) is 12.1. The molecule has 10 aromatic rings. The number of hydrogen-bond acceptors (Lipinski definition) is 3. The molecule has 0 unspecified atom stereocenters. The first-order chi connectivity index (χ1) is 23.8. The van der Waals surface area contributed by atoms with Crippen LogP contribution >= 0.6 is 0 Å². The third kappa shape index (κ3) is 4.01. The van der Waals surface area contributed by atoms with Gasteiger partial charge in [0, 0.05) is 43.7 Å². The van der Waals surface area contributed by atoms with E-state index in [2.05, 4.69) is 112 Å². The van der Waals surface area contributed by atoms with Gasteiger partial charge in [-0.25, -0.2) is 4.98 Å². The summed E-state index contributed by atoms with van der Waals surface area (Å²) in [5.41, 5.74) is 7.48. The second kappa shape index (κ2) is 10.5. The predicted octanol–water partition coefficient (Wildman–Crippen LogP) is 10.6. The summed E-state index contributed by atoms with van der Waals surface area (Å²) in [6.07, 6.45) is 0. The molecule has 10 rings (SSSR count). The van der Waals surface area contributed by atoms with Crippen LogP contribution in [-0.2, 0) is 0 Å². The minimum absolute atomic E-state index is 0.587. The van der Waals surface area contributed by atoms with Gasteiger partial charge in [-0.3, -0.25) is 4.57 Å². The molecule has 0 spiro atoms. The lowest BCUT2D eigenvalue weighted by Gasteiger charge is -2.12. The Labute approximate surface area is 276 Å². The van der Waals surface area contributed by atoms with E-state index in [4.69, 9.17) is 15.0 Å². The first kappa shape index (κ1) is 26.6. The molecule has 0 aliphatic heterocycles. The Morgan fingerprint density at radius 2 is 0.896 bits per heavy atom. The SMILES string of the molecule is c1ccc(-c2nc(-c3ccccc3)nc(-n3c4ccc(-n5c6ccccc6c6ccccc65)cc4c4ccc5ccccc5c43)n2)cc1. The second-order valence-corrected chi connectivity index (χ2v) is 12.1. The lowest BCUT2D eigenvalue weighted by Crippen LogP contribution is -2.06. The molecule has 0 saturated carbocycles. The van der Waals surface area contributed by atoms with Crippen LogP contribution in [0.25, 0.3) is 88.8 Å². The summed E-state index contributed by atoms with van der Waals surface area (Å²) in [6.45, 7) is 0. The van der Waals surface area contributed by atoms with Crippen molar-refractivity contribution in [2.24, 2.45) is 0 Å². The normalized spacial score (nSPS) is 11.8. The predicted molar refractivity (Wildman–Crippen MR) is 197 cm³/mol. The van der Waals surface area contributed by atoms with Crippen LogP contribution in [0.5, 0.6) is 0 Å². The first-order valence-corrected chi connectivity index (χ1v) is 16.1. The highest BCUT2D eigenvalue weighted by atomic mass is 15.2. The Morgan fingerprint density at radius 1 is 0.354 bits per heavy atom. The van der Waals surface area contributed by atoms with Gasteiger partial charge in [-0.1, -0.05) is 133 Å². The van der Waals surface area contributed by atoms with Crippen molar-refractivity contribution in [2.45, 2.75) is 0 Å². The average Bonchev–Trinajstić information content (AvgIpc) is 3.68. The van der Waals surface area contributed by atoms with E-state index in [0.29, 0.717) is 17.6 Å². The highest BCUT2D eigenvalue weighted by molar-refractivity contribution is 6.19. The zero-order chi connectivity index (χ0) is 31.6. The molecule has 0 radical (unpaired) electrons. The molecule has 0 atom stereocenters. The summed E-state index contributed by atoms with van der Waals surface area (Å²) < 4.78 is 4.60. The van der Waals surface area contributed by atoms with E-state index in [-0.39, 0.29) is 0 Å². The Morgan fingerprint density at radius 3 is 1.54 bits per heavy atom. The molecule has 224 valence electrons. The van der Waals surface area contributed by atoms with Crippen molar-refractivity contribution in [3.63, 3.8) is 0 Å². The third-order valence-electron chi connectivity index (χ3n) is 9.36. The zero-order valence-electron chi connectivity index (χ0n) is 25.8. The number of fused-ring (bicyclic) bond motifs is 8. The summed E-state index contributed by atoms with van der Waals surface area (Å²) >= 11 is 0. The van der Waals surface area contributed by atoms with Crippen molar-refractivity contribution in [2.75, 3.05) is 0 Å². The molecule has 5 heteroatoms. The topological polar surface area (TPSA) is 48.5 Å². The summed E-state index contributed by atoms with van der Waals surface area (Å²) in [5.74, 6) is 1.86. The number of para-hydroxylation sites is 2. The highest BCUT2D eigenvalue weighted by Crippen LogP contribution is 2.39. The molecule has 0 fully saturated rings. The first-order valence-electron chi connectivity index (χ1n) is 16.1. The number of benzene rings is 7. The van der Waals surface area contributed by atoms with E-state index in [9.17, 15) is 0 Å². The van der Waals surface area contributed by atoms with Crippen molar-refractivity contribution < 1.29 is 0 Å². The molecule has 0 saturated heterocycles. The van der Waals surface area contributed by atoms with Crippen LogP contribution in [0.4, 0.5) is 0 Å². The Hall–Kier alpha value is -6.59. The number of aromatic nitrogens is 5. The minimum Gasteiger partial charge on any atom is -0.309 e. The molecule has 3 aromatic heterocycles. The van der Waals surface area contributed by atoms with Gasteiger partial charge in [-0.2, -0.15) is 9.97 Å². The molecule has 0 aliphatic carbocycles. The van der Waals surface area contributed by atoms with E-state index >= 15 is 0 Å². The summed E-state index contributed by atoms with van der Waals surface area (Å²) in [4.78, 5) is 15.3. The van der Waals surface area contributed by atoms with Crippen LogP contribution in [-0.4, -0.2) is 24.1 Å². The van der Waals surface area contributed by atoms with Gasteiger partial charge in [0.05, 0.1) is 22.1 Å². The fraction of sp³-hybridized carbons (Fsp3) is 0. The van der Waals surface area contributed by atoms with Gasteiger partial charge in [-0.05, 0) is 35.7 Å². The number of rotatable bonds is 4. The van der Waals surface area contributed by atoms with Gasteiger partial charge in [0.25, 0.3) is 0 Å². The fourth-order valence-corrected chi connectivity index (χ4v) is 7.21. The maximum absolute atomic E-state index is 5.17. The van der Waals surface area contributed by atoms with Gasteiger partial charge in [-0.15, -0.1) is 0 Å². The standard InChI is InChI=1S/C43H27N5/c1-3-14-29(15-4-1)41-44-42(30-16-5-2-6-17-30)46-43(45-41)48-39-26-24-31(27-36(39)35-25-23-28-13-7-8-18-32(28)40(35)48)47-37-21-11-9-19-33(37)34-20-10-12-22-38(34)47/h1-27H. The summed E-state index contributed by atoms with van der Waals surface area (Å²) in [7, 11) is 0. The van der Waals surface area contributed by atoms with Crippen LogP contribution in [0.15, 0.2) is 164 Å². The molecule has 0 bridgehead atoms. The van der Waals surface area contributed by atoms with Crippen molar-refractivity contribution in [1.82, 2.24) is 24.1 Å². The molecule has 7 aromatic carbocycles. The van der Waals surface area contributed by atoms with Crippen LogP contribution in [0.3, 0.4) is 0 Å². The van der Waals surface area contributed by atoms with Crippen LogP contribution < -0.4 is 0 Å². The maximum atomic E-state index is 5.17. The quantitative estimate of drug-likeness (QED) is 0.198. The smallest absolute Gasteiger partial charge is 0.238 e. The van der Waals surface area contributed by atoms with Crippen molar-refractivity contribution in [1.29, 1.82) is 0 Å². The van der Waals surface area contributed by atoms with E-state index in [1.54, 1.807) is 0 Å². The Balaban J connectivity index is 1.31. The summed E-state index contributed by atoms with van der Waals surface area (Å²) in [5, 5.41) is 7.08. The van der Waals surface area contributed by atoms with Gasteiger partial charge in [0.1, 0.15) is 0 Å². The maximum Gasteiger partial charge on any atom is 0.238 e. The number of nitrogens with zero attached hydrogens (tertiary/aromatic N) is 5. The Kier molecular flexibility index (Phi) is 5.81. The van der Waals surface area contributed by atoms with Gasteiger partial charge in [0.15, 0.2) is 11.6 Å². The molecule has 5 nitrogen and oxygen atoms in total. The van der Waals surface area contributed by atoms with Crippen molar-refractivity contribution >= 4 is 54.4 Å². The van der Waals surface area contributed by atoms with Crippen molar-refractivity contribution in [3.05, 3.63) is 164 Å². The highest BCUT2D eigenvalue weighted by Gasteiger charge is 2.21. The monoisotopic (exact) mass is 613 g/mol. The van der Waals surface area contributed by atoms with E-state index in [1.807, 2.05) is 60.7 Å². The van der Waals surface area contributed by atoms with E-state index < -0.39 is 0 Å². The largest absolute Gasteiger partial charge is 0.309 e. The van der Waals surface area contributed by atoms with E-state index in [0.717, 1.165) is 49.4 Å². The van der Waals surface area contributed by atoms with Gasteiger partial charge < -0.3 is 4.57 Å². The van der Waals surface area contributed by atoms with Crippen LogP contribution in [0.2, 0.25) is 0 Å². The van der Waals surface area contributed by atoms with E-state index in [1.165, 1.54) is 21.8 Å². The Bertz CT molecular complexity index is 2720. The lowest BCUT2D eigenvalue weighted by molar-refractivity contribution is 0.955. The summed E-state index contributed by atoms with van der Waals surface area (Å²) in [6, 6.07) is 57.3. The van der Waals surface area contributed by atoms with Gasteiger partial charge >= 0.3 is 0 Å². The van der Waals surface area contributed by atoms with Crippen molar-refractivity contribution in [3.8, 4) is 34.4 Å². The van der Waals surface area contributed by atoms with Crippen LogP contribution in [0.1, 0.15) is 0 Å². The van der Waals surface area contributed by atoms with Gasteiger partial charge in [0.2, 0.25) is 5.95 Å². The third-order valence-corrected chi connectivity index (χ3v) is 9.36. The molecule has 48 heavy (non-hydrogen) atoms. The minimum atomic E-state index is 0.587. The molecule has 3 heterocycles. The molecule has 0 aliphatic rings. The lowest BCUT2D eigenvalue weighted by atomic mass is 10.1. The fourth-order valence-electron chi connectivity index (χ4n) is 7.21. The number of hydrogen-bond donors (Lipinski definition) is 0. The molecular formula is C43H27N5. The van der Waals surface area contributed by atoms with Crippen LogP contribution in [0, 0.1) is 0 Å². The molecular weight excluding hydrogens is 587 g/mol. The zero-order valence-corrected chi connectivity index (χ0v) is 25.8. The molecule has 0 N–H and O–H groups in total. The molecule has 0 amide bonds. The average molecular weight is 614 g/mol.